The van der Waals surface area contributed by atoms with Crippen LogP contribution >= 0.6 is 0 Å². The molecule has 1 aliphatic rings. The number of amides is 1. The Balaban J connectivity index is 1.45. The smallest absolute Gasteiger partial charge is 0.276 e. The molecular weight excluding hydrogens is 324 g/mol. The number of nitrogens with zero attached hydrogens (tertiary/aromatic N) is 4. The second-order valence-corrected chi connectivity index (χ2v) is 5.98. The fourth-order valence-electron chi connectivity index (χ4n) is 2.70. The summed E-state index contributed by atoms with van der Waals surface area (Å²) in [5.74, 6) is 0.706. The van der Waals surface area contributed by atoms with E-state index >= 15 is 0 Å². The van der Waals surface area contributed by atoms with Crippen molar-refractivity contribution in [3.8, 4) is 11.3 Å². The molecule has 8 nitrogen and oxygen atoms in total. The number of carbonyl (C=O) groups is 1. The molecule has 1 saturated heterocycles. The van der Waals surface area contributed by atoms with Gasteiger partial charge in [-0.15, -0.1) is 0 Å². The fourth-order valence-corrected chi connectivity index (χ4v) is 2.70. The highest BCUT2D eigenvalue weighted by Gasteiger charge is 2.38. The minimum absolute atomic E-state index is 0.204. The molecule has 4 heterocycles. The van der Waals surface area contributed by atoms with E-state index in [9.17, 15) is 9.90 Å². The monoisotopic (exact) mass is 340 g/mol. The number of aromatic nitrogens is 3. The van der Waals surface area contributed by atoms with Gasteiger partial charge in [-0.2, -0.15) is 0 Å². The number of likely N-dealkylation sites (tertiary alicyclic amines) is 1. The van der Waals surface area contributed by atoms with Crippen LogP contribution in [-0.2, 0) is 6.42 Å². The van der Waals surface area contributed by atoms with E-state index in [0.717, 1.165) is 5.56 Å². The van der Waals surface area contributed by atoms with Crippen LogP contribution in [0.3, 0.4) is 0 Å². The molecule has 1 N–H and O–H groups in total. The van der Waals surface area contributed by atoms with Crippen LogP contribution in [-0.4, -0.2) is 49.7 Å². The largest absolute Gasteiger partial charge is 0.448 e. The summed E-state index contributed by atoms with van der Waals surface area (Å²) in [5.41, 5.74) is 1.82. The molecule has 0 bridgehead atoms. The lowest BCUT2D eigenvalue weighted by atomic mass is 10.0. The molecule has 8 heteroatoms. The van der Waals surface area contributed by atoms with Gasteiger partial charge in [0.2, 0.25) is 5.89 Å². The molecule has 4 rings (SSSR count). The summed E-state index contributed by atoms with van der Waals surface area (Å²) in [5, 5.41) is 13.5. The van der Waals surface area contributed by atoms with Crippen LogP contribution in [0, 0.1) is 0 Å². The molecular formula is C17H16N4O4. The Kier molecular flexibility index (Phi) is 3.81. The minimum atomic E-state index is -0.476. The quantitative estimate of drug-likeness (QED) is 0.767. The maximum atomic E-state index is 12.3. The van der Waals surface area contributed by atoms with E-state index in [-0.39, 0.29) is 17.6 Å². The Morgan fingerprint density at radius 3 is 2.92 bits per heavy atom. The van der Waals surface area contributed by atoms with Crippen molar-refractivity contribution in [2.45, 2.75) is 25.5 Å². The van der Waals surface area contributed by atoms with Crippen LogP contribution in [0.25, 0.3) is 11.3 Å². The van der Waals surface area contributed by atoms with Crippen LogP contribution < -0.4 is 0 Å². The number of aliphatic hydroxyl groups is 1. The van der Waals surface area contributed by atoms with Gasteiger partial charge in [0.25, 0.3) is 5.91 Å². The summed E-state index contributed by atoms with van der Waals surface area (Å²) >= 11 is 0. The average Bonchev–Trinajstić information content (AvgIpc) is 3.29. The normalized spacial score (nSPS) is 19.7. The SMILES string of the molecule is C[C@H]1[C@@H](O)CN1C(=O)c1coc(Cc2cc(-c3ccncc3)no2)n1. The molecule has 2 atom stereocenters. The molecule has 0 spiro atoms. The van der Waals surface area contributed by atoms with Crippen LogP contribution in [0.1, 0.15) is 29.1 Å². The Morgan fingerprint density at radius 2 is 2.20 bits per heavy atom. The van der Waals surface area contributed by atoms with Crippen LogP contribution in [0.4, 0.5) is 0 Å². The standard InChI is InChI=1S/C17H16N4O4/c1-10-15(22)8-21(10)17(23)14-9-24-16(19-14)7-12-6-13(20-25-12)11-2-4-18-5-3-11/h2-6,9-10,15,22H,7-8H2,1H3/t10-,15-/m0/s1. The molecule has 1 fully saturated rings. The number of aliphatic hydroxyl groups excluding tert-OH is 1. The van der Waals surface area contributed by atoms with Crippen molar-refractivity contribution >= 4 is 5.91 Å². The van der Waals surface area contributed by atoms with Crippen molar-refractivity contribution in [2.75, 3.05) is 6.54 Å². The minimum Gasteiger partial charge on any atom is -0.448 e. The van der Waals surface area contributed by atoms with Crippen LogP contribution in [0.15, 0.2) is 45.8 Å². The first-order valence-corrected chi connectivity index (χ1v) is 7.91. The van der Waals surface area contributed by atoms with E-state index in [1.807, 2.05) is 12.1 Å². The Morgan fingerprint density at radius 1 is 1.40 bits per heavy atom. The highest BCUT2D eigenvalue weighted by molar-refractivity contribution is 5.92. The Bertz CT molecular complexity index is 889. The molecule has 1 amide bonds. The number of carbonyl (C=O) groups excluding carboxylic acids is 1. The van der Waals surface area contributed by atoms with Gasteiger partial charge >= 0.3 is 0 Å². The molecule has 128 valence electrons. The Labute approximate surface area is 143 Å². The van der Waals surface area contributed by atoms with Crippen molar-refractivity contribution in [3.05, 3.63) is 54.2 Å². The summed E-state index contributed by atoms with van der Waals surface area (Å²) in [6.07, 6.45) is 4.52. The van der Waals surface area contributed by atoms with Crippen molar-refractivity contribution in [1.29, 1.82) is 0 Å². The first kappa shape index (κ1) is 15.5. The van der Waals surface area contributed by atoms with Crippen molar-refractivity contribution in [1.82, 2.24) is 20.0 Å². The number of oxazole rings is 1. The predicted octanol–water partition coefficient (Wildman–Crippen LogP) is 1.52. The number of hydrogen-bond donors (Lipinski definition) is 1. The fraction of sp³-hybridized carbons (Fsp3) is 0.294. The second kappa shape index (κ2) is 6.14. The van der Waals surface area contributed by atoms with E-state index in [1.54, 1.807) is 30.3 Å². The van der Waals surface area contributed by atoms with E-state index < -0.39 is 6.10 Å². The maximum absolute atomic E-state index is 12.3. The molecule has 3 aromatic heterocycles. The third-order valence-corrected chi connectivity index (χ3v) is 4.32. The maximum Gasteiger partial charge on any atom is 0.276 e. The molecule has 1 aliphatic heterocycles. The topological polar surface area (TPSA) is 105 Å². The van der Waals surface area contributed by atoms with Gasteiger partial charge in [0, 0.05) is 30.6 Å². The average molecular weight is 340 g/mol. The Hall–Kier alpha value is -3.00. The lowest BCUT2D eigenvalue weighted by molar-refractivity contribution is -0.0360. The number of β-amino-alcohol motifs (C(OH)–C–C–N with tert-alkyl or cyclic N) is 1. The highest BCUT2D eigenvalue weighted by atomic mass is 16.5. The van der Waals surface area contributed by atoms with Crippen molar-refractivity contribution in [2.24, 2.45) is 0 Å². The van der Waals surface area contributed by atoms with E-state index in [0.29, 0.717) is 30.3 Å². The van der Waals surface area contributed by atoms with Crippen molar-refractivity contribution < 1.29 is 18.8 Å². The number of hydrogen-bond acceptors (Lipinski definition) is 7. The molecule has 3 aromatic rings. The predicted molar refractivity (Wildman–Crippen MR) is 85.5 cm³/mol. The zero-order valence-corrected chi connectivity index (χ0v) is 13.5. The molecule has 0 unspecified atom stereocenters. The first-order chi connectivity index (χ1) is 12.1. The summed E-state index contributed by atoms with van der Waals surface area (Å²) in [6.45, 7) is 2.11. The van der Waals surface area contributed by atoms with Gasteiger partial charge in [0.05, 0.1) is 18.6 Å². The third kappa shape index (κ3) is 2.91. The van der Waals surface area contributed by atoms with Gasteiger partial charge in [-0.1, -0.05) is 5.16 Å². The summed E-state index contributed by atoms with van der Waals surface area (Å²) < 4.78 is 10.7. The zero-order valence-electron chi connectivity index (χ0n) is 13.5. The zero-order chi connectivity index (χ0) is 17.4. The summed E-state index contributed by atoms with van der Waals surface area (Å²) in [4.78, 5) is 22.0. The molecule has 0 saturated carbocycles. The molecule has 0 aliphatic carbocycles. The highest BCUT2D eigenvalue weighted by Crippen LogP contribution is 2.22. The number of pyridine rings is 1. The van der Waals surface area contributed by atoms with Gasteiger partial charge in [-0.05, 0) is 19.1 Å². The number of rotatable bonds is 4. The first-order valence-electron chi connectivity index (χ1n) is 7.91. The van der Waals surface area contributed by atoms with Gasteiger partial charge in [-0.25, -0.2) is 4.98 Å². The molecule has 0 aromatic carbocycles. The second-order valence-electron chi connectivity index (χ2n) is 5.98. The van der Waals surface area contributed by atoms with E-state index in [2.05, 4.69) is 15.1 Å². The van der Waals surface area contributed by atoms with Crippen molar-refractivity contribution in [3.63, 3.8) is 0 Å². The lowest BCUT2D eigenvalue weighted by Gasteiger charge is -2.42. The molecule has 0 radical (unpaired) electrons. The van der Waals surface area contributed by atoms with E-state index in [4.69, 9.17) is 8.94 Å². The third-order valence-electron chi connectivity index (χ3n) is 4.32. The lowest BCUT2D eigenvalue weighted by Crippen LogP contribution is -2.60. The van der Waals surface area contributed by atoms with Crippen LogP contribution in [0.5, 0.6) is 0 Å². The van der Waals surface area contributed by atoms with Crippen LogP contribution in [0.2, 0.25) is 0 Å². The molecule has 25 heavy (non-hydrogen) atoms. The van der Waals surface area contributed by atoms with Gasteiger partial charge < -0.3 is 18.9 Å². The summed E-state index contributed by atoms with van der Waals surface area (Å²) in [7, 11) is 0. The van der Waals surface area contributed by atoms with Gasteiger partial charge in [-0.3, -0.25) is 9.78 Å². The summed E-state index contributed by atoms with van der Waals surface area (Å²) in [6, 6.07) is 5.28. The van der Waals surface area contributed by atoms with Gasteiger partial charge in [0.15, 0.2) is 5.69 Å². The van der Waals surface area contributed by atoms with E-state index in [1.165, 1.54) is 6.26 Å². The van der Waals surface area contributed by atoms with Gasteiger partial charge in [0.1, 0.15) is 17.7 Å².